The minimum atomic E-state index is -0.0155. The number of thiazole rings is 1. The molecule has 1 aromatic heterocycles. The predicted octanol–water partition coefficient (Wildman–Crippen LogP) is 2.86. The number of aryl methyl sites for hydroxylation is 1. The van der Waals surface area contributed by atoms with E-state index < -0.39 is 0 Å². The van der Waals surface area contributed by atoms with Crippen LogP contribution in [0.5, 0.6) is 0 Å². The topological polar surface area (TPSA) is 42.0 Å². The van der Waals surface area contributed by atoms with Gasteiger partial charge in [-0.05, 0) is 27.7 Å². The first kappa shape index (κ1) is 11.2. The maximum Gasteiger partial charge on any atom is 0.183 e. The second-order valence-corrected chi connectivity index (χ2v) is 5.56. The van der Waals surface area contributed by atoms with Crippen LogP contribution < -0.4 is 5.32 Å². The number of aromatic nitrogens is 1. The van der Waals surface area contributed by atoms with Crippen LogP contribution in [-0.2, 0) is 0 Å². The molecule has 0 unspecified atom stereocenters. The number of hydrogen-bond donors (Lipinski definition) is 1. The molecule has 0 fully saturated rings. The molecule has 14 heavy (non-hydrogen) atoms. The first-order chi connectivity index (χ1) is 6.29. The van der Waals surface area contributed by atoms with Crippen LogP contribution in [0.4, 0.5) is 5.13 Å². The SMILES string of the molecule is CC(=O)c1nc(NC(C)(C)C)sc1C. The van der Waals surface area contributed by atoms with Gasteiger partial charge in [0.15, 0.2) is 10.9 Å². The van der Waals surface area contributed by atoms with Gasteiger partial charge in [-0.3, -0.25) is 4.79 Å². The average Bonchev–Trinajstić information content (AvgIpc) is 2.26. The van der Waals surface area contributed by atoms with E-state index >= 15 is 0 Å². The summed E-state index contributed by atoms with van der Waals surface area (Å²) in [7, 11) is 0. The molecule has 0 saturated heterocycles. The molecule has 1 heterocycles. The van der Waals surface area contributed by atoms with Crippen molar-refractivity contribution in [3.05, 3.63) is 10.6 Å². The molecule has 4 heteroatoms. The van der Waals surface area contributed by atoms with Crippen molar-refractivity contribution < 1.29 is 4.79 Å². The van der Waals surface area contributed by atoms with Crippen LogP contribution in [-0.4, -0.2) is 16.3 Å². The molecule has 0 bridgehead atoms. The van der Waals surface area contributed by atoms with Crippen molar-refractivity contribution in [2.24, 2.45) is 0 Å². The number of carbonyl (C=O) groups excluding carboxylic acids is 1. The fourth-order valence-corrected chi connectivity index (χ4v) is 2.17. The van der Waals surface area contributed by atoms with E-state index in [1.54, 1.807) is 6.92 Å². The Morgan fingerprint density at radius 2 is 2.00 bits per heavy atom. The molecule has 0 saturated carbocycles. The molecule has 0 aliphatic carbocycles. The maximum absolute atomic E-state index is 11.2. The zero-order chi connectivity index (χ0) is 10.9. The average molecular weight is 212 g/mol. The lowest BCUT2D eigenvalue weighted by Gasteiger charge is -2.19. The first-order valence-electron chi connectivity index (χ1n) is 4.56. The second-order valence-electron chi connectivity index (χ2n) is 4.35. The van der Waals surface area contributed by atoms with Crippen LogP contribution in [0.3, 0.4) is 0 Å². The molecule has 0 aliphatic rings. The highest BCUT2D eigenvalue weighted by Gasteiger charge is 2.15. The highest BCUT2D eigenvalue weighted by Crippen LogP contribution is 2.24. The van der Waals surface area contributed by atoms with Gasteiger partial charge in [0.1, 0.15) is 5.69 Å². The summed E-state index contributed by atoms with van der Waals surface area (Å²) in [6, 6.07) is 0. The third-order valence-corrected chi connectivity index (χ3v) is 2.50. The third kappa shape index (κ3) is 2.80. The van der Waals surface area contributed by atoms with Crippen molar-refractivity contribution in [3.63, 3.8) is 0 Å². The Morgan fingerprint density at radius 3 is 2.36 bits per heavy atom. The highest BCUT2D eigenvalue weighted by atomic mass is 32.1. The molecule has 3 nitrogen and oxygen atoms in total. The summed E-state index contributed by atoms with van der Waals surface area (Å²) in [5.41, 5.74) is 0.569. The molecule has 1 rings (SSSR count). The Labute approximate surface area is 88.6 Å². The summed E-state index contributed by atoms with van der Waals surface area (Å²) in [6.07, 6.45) is 0. The van der Waals surface area contributed by atoms with Crippen molar-refractivity contribution in [3.8, 4) is 0 Å². The van der Waals surface area contributed by atoms with E-state index in [9.17, 15) is 4.79 Å². The van der Waals surface area contributed by atoms with Crippen molar-refractivity contribution >= 4 is 22.3 Å². The Morgan fingerprint density at radius 1 is 1.43 bits per heavy atom. The lowest BCUT2D eigenvalue weighted by atomic mass is 10.1. The van der Waals surface area contributed by atoms with Crippen LogP contribution in [0.25, 0.3) is 0 Å². The summed E-state index contributed by atoms with van der Waals surface area (Å²) < 4.78 is 0. The summed E-state index contributed by atoms with van der Waals surface area (Å²) in [4.78, 5) is 16.4. The number of hydrogen-bond acceptors (Lipinski definition) is 4. The number of anilines is 1. The van der Waals surface area contributed by atoms with Gasteiger partial charge in [0.05, 0.1) is 0 Å². The molecule has 1 aromatic rings. The fraction of sp³-hybridized carbons (Fsp3) is 0.600. The molecular weight excluding hydrogens is 196 g/mol. The number of nitrogens with zero attached hydrogens (tertiary/aromatic N) is 1. The van der Waals surface area contributed by atoms with Crippen LogP contribution in [0, 0.1) is 6.92 Å². The zero-order valence-corrected chi connectivity index (χ0v) is 10.1. The van der Waals surface area contributed by atoms with E-state index in [0.29, 0.717) is 5.69 Å². The summed E-state index contributed by atoms with van der Waals surface area (Å²) in [5, 5.41) is 4.07. The van der Waals surface area contributed by atoms with Crippen LogP contribution in [0.1, 0.15) is 43.1 Å². The molecule has 0 spiro atoms. The standard InChI is InChI=1S/C10H16N2OS/c1-6(13)8-7(2)14-9(11-8)12-10(3,4)5/h1-5H3,(H,11,12). The van der Waals surface area contributed by atoms with Crippen LogP contribution in [0.2, 0.25) is 0 Å². The van der Waals surface area contributed by atoms with Gasteiger partial charge in [-0.15, -0.1) is 11.3 Å². The number of carbonyl (C=O) groups is 1. The Bertz CT molecular complexity index is 349. The minimum Gasteiger partial charge on any atom is -0.357 e. The molecule has 0 radical (unpaired) electrons. The van der Waals surface area contributed by atoms with Gasteiger partial charge in [-0.1, -0.05) is 0 Å². The Balaban J connectivity index is 2.92. The Kier molecular flexibility index (Phi) is 2.95. The van der Waals surface area contributed by atoms with Gasteiger partial charge in [0.2, 0.25) is 0 Å². The van der Waals surface area contributed by atoms with Crippen molar-refractivity contribution in [2.45, 2.75) is 40.2 Å². The number of ketones is 1. The van der Waals surface area contributed by atoms with E-state index in [1.165, 1.54) is 11.3 Å². The summed E-state index contributed by atoms with van der Waals surface area (Å²) in [6.45, 7) is 9.66. The summed E-state index contributed by atoms with van der Waals surface area (Å²) in [5.74, 6) is 0.0284. The van der Waals surface area contributed by atoms with E-state index in [2.05, 4.69) is 31.1 Å². The van der Waals surface area contributed by atoms with E-state index in [-0.39, 0.29) is 11.3 Å². The number of nitrogens with one attached hydrogen (secondary N) is 1. The quantitative estimate of drug-likeness (QED) is 0.766. The van der Waals surface area contributed by atoms with Crippen molar-refractivity contribution in [1.82, 2.24) is 4.98 Å². The summed E-state index contributed by atoms with van der Waals surface area (Å²) >= 11 is 1.53. The minimum absolute atomic E-state index is 0.0155. The van der Waals surface area contributed by atoms with Gasteiger partial charge in [-0.2, -0.15) is 0 Å². The van der Waals surface area contributed by atoms with Crippen molar-refractivity contribution in [1.29, 1.82) is 0 Å². The Hall–Kier alpha value is -0.900. The monoisotopic (exact) mass is 212 g/mol. The van der Waals surface area contributed by atoms with Crippen molar-refractivity contribution in [2.75, 3.05) is 5.32 Å². The molecule has 1 N–H and O–H groups in total. The smallest absolute Gasteiger partial charge is 0.183 e. The number of Topliss-reactive ketones (excluding diaryl/α,β-unsaturated/α-hetero) is 1. The van der Waals surface area contributed by atoms with E-state index in [1.807, 2.05) is 6.92 Å². The molecule has 0 aromatic carbocycles. The van der Waals surface area contributed by atoms with Crippen LogP contribution in [0.15, 0.2) is 0 Å². The van der Waals surface area contributed by atoms with Crippen LogP contribution >= 0.6 is 11.3 Å². The molecular formula is C10H16N2OS. The zero-order valence-electron chi connectivity index (χ0n) is 9.26. The van der Waals surface area contributed by atoms with Gasteiger partial charge >= 0.3 is 0 Å². The fourth-order valence-electron chi connectivity index (χ4n) is 1.10. The lowest BCUT2D eigenvalue weighted by Crippen LogP contribution is -2.25. The number of rotatable bonds is 2. The van der Waals surface area contributed by atoms with Gasteiger partial charge < -0.3 is 5.32 Å². The third-order valence-electron chi connectivity index (χ3n) is 1.61. The first-order valence-corrected chi connectivity index (χ1v) is 5.38. The molecule has 78 valence electrons. The van der Waals surface area contributed by atoms with E-state index in [4.69, 9.17) is 0 Å². The molecule has 0 amide bonds. The van der Waals surface area contributed by atoms with Gasteiger partial charge in [0.25, 0.3) is 0 Å². The van der Waals surface area contributed by atoms with Gasteiger partial charge in [-0.25, -0.2) is 4.98 Å². The second kappa shape index (κ2) is 3.69. The predicted molar refractivity (Wildman–Crippen MR) is 60.2 cm³/mol. The normalized spacial score (nSPS) is 11.5. The highest BCUT2D eigenvalue weighted by molar-refractivity contribution is 7.15. The van der Waals surface area contributed by atoms with Gasteiger partial charge in [0, 0.05) is 17.3 Å². The maximum atomic E-state index is 11.2. The van der Waals surface area contributed by atoms with E-state index in [0.717, 1.165) is 10.0 Å². The lowest BCUT2D eigenvalue weighted by molar-refractivity contribution is 0.101. The molecule has 0 aliphatic heterocycles. The largest absolute Gasteiger partial charge is 0.357 e. The molecule has 0 atom stereocenters.